The third-order valence-corrected chi connectivity index (χ3v) is 6.16. The summed E-state index contributed by atoms with van der Waals surface area (Å²) in [6.45, 7) is 1.13. The van der Waals surface area contributed by atoms with Crippen LogP contribution in [0.15, 0.2) is 60.8 Å². The normalized spacial score (nSPS) is 16.0. The van der Waals surface area contributed by atoms with Crippen LogP contribution >= 0.6 is 0 Å². The molecule has 5 heteroatoms. The molecule has 1 N–H and O–H groups in total. The Balaban J connectivity index is 1.41. The largest absolute Gasteiger partial charge is 0.468 e. The lowest BCUT2D eigenvalue weighted by molar-refractivity contribution is -0.151. The molecule has 1 aliphatic rings. The van der Waals surface area contributed by atoms with Gasteiger partial charge in [-0.1, -0.05) is 48.5 Å². The van der Waals surface area contributed by atoms with Gasteiger partial charge in [-0.25, -0.2) is 0 Å². The summed E-state index contributed by atoms with van der Waals surface area (Å²) in [6, 6.07) is 17.9. The molecule has 0 saturated carbocycles. The number of hydrogen-bond acceptors (Lipinski definition) is 3. The van der Waals surface area contributed by atoms with Crippen molar-refractivity contribution in [1.29, 1.82) is 0 Å². The first-order valence-electron chi connectivity index (χ1n) is 10.1. The zero-order valence-corrected chi connectivity index (χ0v) is 16.7. The van der Waals surface area contributed by atoms with Gasteiger partial charge in [-0.3, -0.25) is 9.59 Å². The number of aromatic nitrogens is 1. The van der Waals surface area contributed by atoms with E-state index in [9.17, 15) is 9.59 Å². The number of para-hydroxylation sites is 1. The van der Waals surface area contributed by atoms with E-state index in [1.165, 1.54) is 18.1 Å². The number of likely N-dealkylation sites (tertiary alicyclic amines) is 1. The molecule has 1 fully saturated rings. The Hall–Kier alpha value is -3.08. The summed E-state index contributed by atoms with van der Waals surface area (Å²) in [7, 11) is 1.44. The number of ether oxygens (including phenoxy) is 1. The highest BCUT2D eigenvalue weighted by molar-refractivity contribution is 5.85. The number of aryl methyl sites for hydroxylation is 1. The number of benzene rings is 2. The molecule has 0 aliphatic carbocycles. The molecular weight excluding hydrogens is 364 g/mol. The fourth-order valence-corrected chi connectivity index (χ4v) is 4.44. The van der Waals surface area contributed by atoms with Crippen LogP contribution in [0.4, 0.5) is 0 Å². The van der Waals surface area contributed by atoms with E-state index in [0.29, 0.717) is 38.8 Å². The van der Waals surface area contributed by atoms with Crippen molar-refractivity contribution in [3.05, 3.63) is 71.9 Å². The average molecular weight is 390 g/mol. The molecule has 0 radical (unpaired) electrons. The van der Waals surface area contributed by atoms with Crippen molar-refractivity contribution in [3.63, 3.8) is 0 Å². The topological polar surface area (TPSA) is 62.4 Å². The Kier molecular flexibility index (Phi) is 5.38. The molecule has 150 valence electrons. The quantitative estimate of drug-likeness (QED) is 0.674. The molecule has 1 aromatic heterocycles. The first kappa shape index (κ1) is 19.2. The van der Waals surface area contributed by atoms with Crippen molar-refractivity contribution in [1.82, 2.24) is 9.88 Å². The van der Waals surface area contributed by atoms with Gasteiger partial charge in [0.15, 0.2) is 0 Å². The molecule has 1 aliphatic heterocycles. The van der Waals surface area contributed by atoms with Crippen LogP contribution in [-0.4, -0.2) is 42.0 Å². The van der Waals surface area contributed by atoms with Gasteiger partial charge in [0.25, 0.3) is 0 Å². The number of esters is 1. The predicted molar refractivity (Wildman–Crippen MR) is 113 cm³/mol. The minimum Gasteiger partial charge on any atom is -0.468 e. The van der Waals surface area contributed by atoms with Gasteiger partial charge in [0.1, 0.15) is 0 Å². The third-order valence-electron chi connectivity index (χ3n) is 6.16. The monoisotopic (exact) mass is 390 g/mol. The lowest BCUT2D eigenvalue weighted by Gasteiger charge is -2.40. The van der Waals surface area contributed by atoms with E-state index >= 15 is 0 Å². The summed E-state index contributed by atoms with van der Waals surface area (Å²) < 4.78 is 5.13. The molecule has 0 spiro atoms. The fraction of sp³-hybridized carbons (Fsp3) is 0.333. The zero-order valence-electron chi connectivity index (χ0n) is 16.7. The van der Waals surface area contributed by atoms with Crippen LogP contribution in [0.5, 0.6) is 0 Å². The summed E-state index contributed by atoms with van der Waals surface area (Å²) in [6.07, 6.45) is 4.34. The second kappa shape index (κ2) is 8.11. The summed E-state index contributed by atoms with van der Waals surface area (Å²) in [5.41, 5.74) is 2.57. The van der Waals surface area contributed by atoms with Gasteiger partial charge >= 0.3 is 5.97 Å². The highest BCUT2D eigenvalue weighted by atomic mass is 16.5. The van der Waals surface area contributed by atoms with E-state index in [1.54, 1.807) is 0 Å². The van der Waals surface area contributed by atoms with Crippen molar-refractivity contribution >= 4 is 22.8 Å². The number of fused-ring (bicyclic) bond motifs is 1. The molecule has 29 heavy (non-hydrogen) atoms. The van der Waals surface area contributed by atoms with Crippen molar-refractivity contribution in [2.75, 3.05) is 20.2 Å². The van der Waals surface area contributed by atoms with Crippen LogP contribution in [0.2, 0.25) is 0 Å². The Morgan fingerprint density at radius 1 is 1.03 bits per heavy atom. The van der Waals surface area contributed by atoms with E-state index in [0.717, 1.165) is 11.1 Å². The van der Waals surface area contributed by atoms with Gasteiger partial charge in [-0.2, -0.15) is 0 Å². The number of hydrogen-bond donors (Lipinski definition) is 1. The number of H-pyrrole nitrogens is 1. The lowest BCUT2D eigenvalue weighted by Crippen LogP contribution is -2.49. The Labute approximate surface area is 170 Å². The molecule has 2 aromatic carbocycles. The molecule has 2 heterocycles. The van der Waals surface area contributed by atoms with E-state index in [-0.39, 0.29) is 11.9 Å². The Morgan fingerprint density at radius 2 is 1.72 bits per heavy atom. The number of amides is 1. The van der Waals surface area contributed by atoms with Gasteiger partial charge in [0, 0.05) is 36.6 Å². The number of nitrogens with one attached hydrogen (secondary N) is 1. The number of carbonyl (C=O) groups is 2. The average Bonchev–Trinajstić information content (AvgIpc) is 3.20. The minimum absolute atomic E-state index is 0.141. The number of piperidine rings is 1. The molecule has 1 saturated heterocycles. The first-order valence-corrected chi connectivity index (χ1v) is 10.1. The van der Waals surface area contributed by atoms with Gasteiger partial charge in [0.2, 0.25) is 5.91 Å². The summed E-state index contributed by atoms with van der Waals surface area (Å²) >= 11 is 0. The predicted octanol–water partition coefficient (Wildman–Crippen LogP) is 3.83. The maximum Gasteiger partial charge on any atom is 0.316 e. The van der Waals surface area contributed by atoms with E-state index < -0.39 is 5.41 Å². The maximum absolute atomic E-state index is 12.8. The SMILES string of the molecule is COC(=O)C1(c2ccccc2)CCN(C(=O)CCc2c[nH]c3ccccc23)CC1. The fourth-order valence-electron chi connectivity index (χ4n) is 4.44. The van der Waals surface area contributed by atoms with Gasteiger partial charge in [-0.15, -0.1) is 0 Å². The molecule has 3 aromatic rings. The molecule has 0 atom stereocenters. The lowest BCUT2D eigenvalue weighted by atomic mass is 9.72. The first-order chi connectivity index (χ1) is 14.1. The number of methoxy groups -OCH3 is 1. The van der Waals surface area contributed by atoms with Gasteiger partial charge < -0.3 is 14.6 Å². The molecule has 0 unspecified atom stereocenters. The molecule has 1 amide bonds. The Bertz CT molecular complexity index is 1000. The van der Waals surface area contributed by atoms with E-state index in [1.807, 2.05) is 59.6 Å². The van der Waals surface area contributed by atoms with Crippen LogP contribution in [0.1, 0.15) is 30.4 Å². The smallest absolute Gasteiger partial charge is 0.316 e. The van der Waals surface area contributed by atoms with E-state index in [2.05, 4.69) is 11.1 Å². The second-order valence-electron chi connectivity index (χ2n) is 7.68. The van der Waals surface area contributed by atoms with E-state index in [4.69, 9.17) is 4.74 Å². The standard InChI is InChI=1S/C24H26N2O3/c1-29-23(28)24(19-7-3-2-4-8-19)13-15-26(16-14-24)22(27)12-11-18-17-25-21-10-6-5-9-20(18)21/h2-10,17,25H,11-16H2,1H3. The number of aromatic amines is 1. The van der Waals surface area contributed by atoms with Crippen LogP contribution in [0, 0.1) is 0 Å². The maximum atomic E-state index is 12.8. The number of nitrogens with zero attached hydrogens (tertiary/aromatic N) is 1. The molecule has 0 bridgehead atoms. The van der Waals surface area contributed by atoms with Crippen molar-refractivity contribution in [2.45, 2.75) is 31.1 Å². The van der Waals surface area contributed by atoms with Crippen molar-refractivity contribution in [3.8, 4) is 0 Å². The molecule has 4 rings (SSSR count). The Morgan fingerprint density at radius 3 is 2.45 bits per heavy atom. The molecule has 5 nitrogen and oxygen atoms in total. The highest BCUT2D eigenvalue weighted by Gasteiger charge is 2.44. The number of carbonyl (C=O) groups excluding carboxylic acids is 2. The van der Waals surface area contributed by atoms with Gasteiger partial charge in [0.05, 0.1) is 12.5 Å². The zero-order chi connectivity index (χ0) is 20.3. The summed E-state index contributed by atoms with van der Waals surface area (Å²) in [5.74, 6) is -0.0728. The number of rotatable bonds is 5. The van der Waals surface area contributed by atoms with Crippen LogP contribution < -0.4 is 0 Å². The third kappa shape index (κ3) is 3.65. The van der Waals surface area contributed by atoms with Gasteiger partial charge in [-0.05, 0) is 36.5 Å². The van der Waals surface area contributed by atoms with Crippen LogP contribution in [0.25, 0.3) is 10.9 Å². The van der Waals surface area contributed by atoms with Crippen molar-refractivity contribution < 1.29 is 14.3 Å². The van der Waals surface area contributed by atoms with Crippen LogP contribution in [0.3, 0.4) is 0 Å². The second-order valence-corrected chi connectivity index (χ2v) is 7.68. The summed E-state index contributed by atoms with van der Waals surface area (Å²) in [5, 5.41) is 1.17. The minimum atomic E-state index is -0.663. The molecular formula is C24H26N2O3. The van der Waals surface area contributed by atoms with Crippen LogP contribution in [-0.2, 0) is 26.2 Å². The highest BCUT2D eigenvalue weighted by Crippen LogP contribution is 2.37. The summed E-state index contributed by atoms with van der Waals surface area (Å²) in [4.78, 5) is 30.6. The van der Waals surface area contributed by atoms with Crippen molar-refractivity contribution in [2.24, 2.45) is 0 Å².